The van der Waals surface area contributed by atoms with E-state index in [0.717, 1.165) is 25.4 Å². The van der Waals surface area contributed by atoms with Crippen LogP contribution in [0.4, 0.5) is 0 Å². The normalized spacial score (nSPS) is 13.0. The van der Waals surface area contributed by atoms with Crippen LogP contribution in [0.1, 0.15) is 32.4 Å². The topological polar surface area (TPSA) is 29.3 Å². The number of nitrogens with two attached hydrogens (primary N) is 1. The fourth-order valence-electron chi connectivity index (χ4n) is 1.81. The van der Waals surface area contributed by atoms with Crippen LogP contribution in [0.2, 0.25) is 0 Å². The molecule has 2 N–H and O–H groups in total. The third-order valence-electron chi connectivity index (χ3n) is 2.97. The average molecular weight is 252 g/mol. The van der Waals surface area contributed by atoms with Gasteiger partial charge in [-0.1, -0.05) is 32.0 Å². The van der Waals surface area contributed by atoms with E-state index < -0.39 is 0 Å². The first-order valence-electron chi connectivity index (χ1n) is 6.38. The summed E-state index contributed by atoms with van der Waals surface area (Å²) in [4.78, 5) is 3.77. The van der Waals surface area contributed by atoms with Crippen molar-refractivity contribution in [2.75, 3.05) is 25.4 Å². The van der Waals surface area contributed by atoms with Gasteiger partial charge in [-0.3, -0.25) is 0 Å². The first kappa shape index (κ1) is 14.6. The monoisotopic (exact) mass is 252 g/mol. The van der Waals surface area contributed by atoms with Gasteiger partial charge in [0.1, 0.15) is 0 Å². The Morgan fingerprint density at radius 3 is 2.47 bits per heavy atom. The second kappa shape index (κ2) is 7.75. The molecule has 0 aliphatic carbocycles. The molecule has 1 atom stereocenters. The maximum atomic E-state index is 5.97. The van der Waals surface area contributed by atoms with Crippen molar-refractivity contribution in [3.63, 3.8) is 0 Å². The molecule has 0 radical (unpaired) electrons. The van der Waals surface area contributed by atoms with E-state index in [9.17, 15) is 0 Å². The van der Waals surface area contributed by atoms with Gasteiger partial charge in [-0.2, -0.15) is 0 Å². The van der Waals surface area contributed by atoms with E-state index in [2.05, 4.69) is 43.0 Å². The molecule has 0 heterocycles. The lowest BCUT2D eigenvalue weighted by Gasteiger charge is -2.18. The van der Waals surface area contributed by atoms with E-state index in [1.807, 2.05) is 18.7 Å². The molecule has 1 rings (SSSR count). The molecule has 0 aliphatic rings. The summed E-state index contributed by atoms with van der Waals surface area (Å²) in [5.74, 6) is 1.13. The minimum absolute atomic E-state index is 0.118. The lowest BCUT2D eigenvalue weighted by atomic mass is 10.1. The number of benzene rings is 1. The van der Waals surface area contributed by atoms with Crippen LogP contribution in [0, 0.1) is 0 Å². The fraction of sp³-hybridized carbons (Fsp3) is 0.571. The number of rotatable bonds is 7. The second-order valence-electron chi connectivity index (χ2n) is 4.20. The first-order chi connectivity index (χ1) is 8.19. The van der Waals surface area contributed by atoms with Crippen molar-refractivity contribution in [2.24, 2.45) is 5.73 Å². The van der Waals surface area contributed by atoms with Gasteiger partial charge in [0.05, 0.1) is 0 Å². The van der Waals surface area contributed by atoms with Gasteiger partial charge in [0, 0.05) is 23.2 Å². The molecule has 0 amide bonds. The van der Waals surface area contributed by atoms with E-state index >= 15 is 0 Å². The summed E-state index contributed by atoms with van der Waals surface area (Å²) in [6.45, 7) is 9.88. The molecule has 0 saturated carbocycles. The molecule has 1 unspecified atom stereocenters. The molecule has 96 valence electrons. The summed E-state index contributed by atoms with van der Waals surface area (Å²) in [5.41, 5.74) is 7.24. The standard InChI is InChI=1S/C14H24N2S/c1-4-16(5-2)10-11-17-14-9-7-6-8-13(14)12(3)15/h6-9,12H,4-5,10-11,15H2,1-3H3. The van der Waals surface area contributed by atoms with Crippen molar-refractivity contribution in [2.45, 2.75) is 31.7 Å². The highest BCUT2D eigenvalue weighted by atomic mass is 32.2. The molecule has 17 heavy (non-hydrogen) atoms. The summed E-state index contributed by atoms with van der Waals surface area (Å²) in [7, 11) is 0. The van der Waals surface area contributed by atoms with Gasteiger partial charge in [0.25, 0.3) is 0 Å². The molecule has 0 bridgehead atoms. The first-order valence-corrected chi connectivity index (χ1v) is 7.37. The minimum atomic E-state index is 0.118. The number of hydrogen-bond acceptors (Lipinski definition) is 3. The number of hydrogen-bond donors (Lipinski definition) is 1. The second-order valence-corrected chi connectivity index (χ2v) is 5.34. The third-order valence-corrected chi connectivity index (χ3v) is 4.04. The van der Waals surface area contributed by atoms with Crippen LogP contribution >= 0.6 is 11.8 Å². The van der Waals surface area contributed by atoms with Crippen molar-refractivity contribution < 1.29 is 0 Å². The summed E-state index contributed by atoms with van der Waals surface area (Å²) in [5, 5.41) is 0. The van der Waals surface area contributed by atoms with Crippen molar-refractivity contribution >= 4 is 11.8 Å². The molecule has 1 aromatic carbocycles. The summed E-state index contributed by atoms with van der Waals surface area (Å²) in [6.07, 6.45) is 0. The van der Waals surface area contributed by atoms with Crippen molar-refractivity contribution in [1.82, 2.24) is 4.90 Å². The highest BCUT2D eigenvalue weighted by Gasteiger charge is 2.07. The van der Waals surface area contributed by atoms with Gasteiger partial charge in [-0.15, -0.1) is 11.8 Å². The van der Waals surface area contributed by atoms with Gasteiger partial charge < -0.3 is 10.6 Å². The molecule has 0 saturated heterocycles. The molecule has 3 heteroatoms. The molecule has 0 aromatic heterocycles. The molecule has 0 spiro atoms. The van der Waals surface area contributed by atoms with Crippen LogP contribution in [0.5, 0.6) is 0 Å². The Kier molecular flexibility index (Phi) is 6.63. The van der Waals surface area contributed by atoms with Crippen LogP contribution in [0.3, 0.4) is 0 Å². The quantitative estimate of drug-likeness (QED) is 0.756. The highest BCUT2D eigenvalue weighted by Crippen LogP contribution is 2.26. The molecule has 0 fully saturated rings. The largest absolute Gasteiger partial charge is 0.324 e. The average Bonchev–Trinajstić information content (AvgIpc) is 2.35. The Balaban J connectivity index is 2.51. The third kappa shape index (κ3) is 4.70. The zero-order valence-electron chi connectivity index (χ0n) is 11.1. The van der Waals surface area contributed by atoms with E-state index in [1.54, 1.807) is 0 Å². The van der Waals surface area contributed by atoms with Gasteiger partial charge >= 0.3 is 0 Å². The van der Waals surface area contributed by atoms with Crippen molar-refractivity contribution in [3.8, 4) is 0 Å². The summed E-state index contributed by atoms with van der Waals surface area (Å²) in [6, 6.07) is 8.57. The van der Waals surface area contributed by atoms with Gasteiger partial charge in [0.15, 0.2) is 0 Å². The maximum Gasteiger partial charge on any atom is 0.0277 e. The predicted molar refractivity (Wildman–Crippen MR) is 77.6 cm³/mol. The van der Waals surface area contributed by atoms with Crippen LogP contribution in [0.15, 0.2) is 29.2 Å². The van der Waals surface area contributed by atoms with Gasteiger partial charge in [-0.05, 0) is 31.6 Å². The summed E-state index contributed by atoms with van der Waals surface area (Å²) >= 11 is 1.91. The Bertz CT molecular complexity index is 322. The Labute approximate surface area is 110 Å². The van der Waals surface area contributed by atoms with Crippen LogP contribution in [0.25, 0.3) is 0 Å². The number of thioether (sulfide) groups is 1. The van der Waals surface area contributed by atoms with Crippen molar-refractivity contribution in [1.29, 1.82) is 0 Å². The molecular weight excluding hydrogens is 228 g/mol. The smallest absolute Gasteiger partial charge is 0.0277 e. The van der Waals surface area contributed by atoms with Crippen LogP contribution in [-0.4, -0.2) is 30.3 Å². The maximum absolute atomic E-state index is 5.97. The SMILES string of the molecule is CCN(CC)CCSc1ccccc1C(C)N. The molecule has 2 nitrogen and oxygen atoms in total. The van der Waals surface area contributed by atoms with E-state index in [-0.39, 0.29) is 6.04 Å². The Morgan fingerprint density at radius 2 is 1.88 bits per heavy atom. The zero-order chi connectivity index (χ0) is 12.7. The molecule has 0 aliphatic heterocycles. The fourth-order valence-corrected chi connectivity index (χ4v) is 2.98. The van der Waals surface area contributed by atoms with E-state index in [4.69, 9.17) is 5.73 Å². The lowest BCUT2D eigenvalue weighted by Crippen LogP contribution is -2.25. The van der Waals surface area contributed by atoms with E-state index in [0.29, 0.717) is 0 Å². The van der Waals surface area contributed by atoms with E-state index in [1.165, 1.54) is 10.5 Å². The lowest BCUT2D eigenvalue weighted by molar-refractivity contribution is 0.324. The Hall–Kier alpha value is -0.510. The summed E-state index contributed by atoms with van der Waals surface area (Å²) < 4.78 is 0. The molecular formula is C14H24N2S. The molecule has 1 aromatic rings. The number of nitrogens with zero attached hydrogens (tertiary/aromatic N) is 1. The van der Waals surface area contributed by atoms with Crippen LogP contribution < -0.4 is 5.73 Å². The van der Waals surface area contributed by atoms with Crippen LogP contribution in [-0.2, 0) is 0 Å². The van der Waals surface area contributed by atoms with Crippen molar-refractivity contribution in [3.05, 3.63) is 29.8 Å². The Morgan fingerprint density at radius 1 is 1.24 bits per heavy atom. The van der Waals surface area contributed by atoms with Gasteiger partial charge in [-0.25, -0.2) is 0 Å². The zero-order valence-corrected chi connectivity index (χ0v) is 12.0. The highest BCUT2D eigenvalue weighted by molar-refractivity contribution is 7.99. The van der Waals surface area contributed by atoms with Gasteiger partial charge in [0.2, 0.25) is 0 Å². The minimum Gasteiger partial charge on any atom is -0.324 e. The predicted octanol–water partition coefficient (Wildman–Crippen LogP) is 3.14.